The number of nitrogens with zero attached hydrogens (tertiary/aromatic N) is 2. The number of para-hydroxylation sites is 1. The summed E-state index contributed by atoms with van der Waals surface area (Å²) in [7, 11) is 0. The maximum absolute atomic E-state index is 13.5. The second-order valence-electron chi connectivity index (χ2n) is 8.74. The van der Waals surface area contributed by atoms with E-state index in [2.05, 4.69) is 12.2 Å². The van der Waals surface area contributed by atoms with Crippen LogP contribution < -0.4 is 10.1 Å². The molecular weight excluding hydrogens is 430 g/mol. The van der Waals surface area contributed by atoms with E-state index in [4.69, 9.17) is 4.74 Å². The van der Waals surface area contributed by atoms with Crippen LogP contribution in [0, 0.1) is 0 Å². The molecule has 7 nitrogen and oxygen atoms in total. The van der Waals surface area contributed by atoms with Gasteiger partial charge in [0.2, 0.25) is 11.8 Å². The van der Waals surface area contributed by atoms with Crippen molar-refractivity contribution in [2.45, 2.75) is 51.6 Å². The zero-order valence-electron chi connectivity index (χ0n) is 20.1. The number of benzene rings is 2. The summed E-state index contributed by atoms with van der Waals surface area (Å²) in [6, 6.07) is 18.0. The van der Waals surface area contributed by atoms with Gasteiger partial charge >= 0.3 is 0 Å². The SMILES string of the molecule is CCCCC(=O)N1CCN(C(=O)C(Cc2ccccc2)NC(=O)COc2ccccc2)CC1C. The minimum Gasteiger partial charge on any atom is -0.484 e. The Bertz CT molecular complexity index is 935. The number of amides is 3. The Morgan fingerprint density at radius 3 is 2.35 bits per heavy atom. The Labute approximate surface area is 202 Å². The maximum Gasteiger partial charge on any atom is 0.258 e. The highest BCUT2D eigenvalue weighted by molar-refractivity contribution is 5.88. The van der Waals surface area contributed by atoms with Gasteiger partial charge in [-0.05, 0) is 31.0 Å². The van der Waals surface area contributed by atoms with Crippen LogP contribution in [0.1, 0.15) is 38.7 Å². The monoisotopic (exact) mass is 465 g/mol. The van der Waals surface area contributed by atoms with Gasteiger partial charge < -0.3 is 19.9 Å². The van der Waals surface area contributed by atoms with Crippen LogP contribution in [0.4, 0.5) is 0 Å². The van der Waals surface area contributed by atoms with Crippen LogP contribution in [0.2, 0.25) is 0 Å². The topological polar surface area (TPSA) is 79.0 Å². The van der Waals surface area contributed by atoms with Gasteiger partial charge in [-0.1, -0.05) is 61.9 Å². The van der Waals surface area contributed by atoms with Crippen LogP contribution in [-0.2, 0) is 20.8 Å². The molecule has 1 N–H and O–H groups in total. The lowest BCUT2D eigenvalue weighted by atomic mass is 10.0. The van der Waals surface area contributed by atoms with Crippen molar-refractivity contribution in [2.75, 3.05) is 26.2 Å². The number of hydrogen-bond donors (Lipinski definition) is 1. The Morgan fingerprint density at radius 2 is 1.71 bits per heavy atom. The number of carbonyl (C=O) groups is 3. The lowest BCUT2D eigenvalue weighted by Crippen LogP contribution is -2.59. The molecule has 0 saturated carbocycles. The van der Waals surface area contributed by atoms with Gasteiger partial charge in [-0.15, -0.1) is 0 Å². The number of ether oxygens (including phenoxy) is 1. The Kier molecular flexibility index (Phi) is 9.50. The van der Waals surface area contributed by atoms with Crippen molar-refractivity contribution in [3.8, 4) is 5.75 Å². The number of hydrogen-bond acceptors (Lipinski definition) is 4. The second-order valence-corrected chi connectivity index (χ2v) is 8.74. The first kappa shape index (κ1) is 25.3. The molecule has 1 aliphatic rings. The first-order valence-corrected chi connectivity index (χ1v) is 12.1. The van der Waals surface area contributed by atoms with Gasteiger partial charge in [-0.25, -0.2) is 0 Å². The number of unbranched alkanes of at least 4 members (excludes halogenated alkanes) is 1. The molecule has 2 aromatic carbocycles. The molecule has 34 heavy (non-hydrogen) atoms. The normalized spacial score (nSPS) is 16.6. The molecule has 1 heterocycles. The first-order valence-electron chi connectivity index (χ1n) is 12.1. The minimum absolute atomic E-state index is 0.0588. The van der Waals surface area contributed by atoms with Gasteiger partial charge in [0.25, 0.3) is 5.91 Å². The molecule has 2 atom stereocenters. The molecule has 1 aliphatic heterocycles. The number of nitrogens with one attached hydrogen (secondary N) is 1. The lowest BCUT2D eigenvalue weighted by Gasteiger charge is -2.41. The predicted octanol–water partition coefficient (Wildman–Crippen LogP) is 3.04. The van der Waals surface area contributed by atoms with Gasteiger partial charge in [0.1, 0.15) is 11.8 Å². The van der Waals surface area contributed by atoms with Crippen molar-refractivity contribution in [1.29, 1.82) is 0 Å². The molecule has 0 bridgehead atoms. The van der Waals surface area contributed by atoms with Crippen LogP contribution in [0.25, 0.3) is 0 Å². The third-order valence-corrected chi connectivity index (χ3v) is 6.03. The van der Waals surface area contributed by atoms with Gasteiger partial charge in [0.05, 0.1) is 0 Å². The van der Waals surface area contributed by atoms with E-state index in [1.54, 1.807) is 17.0 Å². The van der Waals surface area contributed by atoms with Gasteiger partial charge in [0.15, 0.2) is 6.61 Å². The fourth-order valence-corrected chi connectivity index (χ4v) is 4.17. The summed E-state index contributed by atoms with van der Waals surface area (Å²) in [6.45, 7) is 5.31. The summed E-state index contributed by atoms with van der Waals surface area (Å²) in [5.41, 5.74) is 0.964. The minimum atomic E-state index is -0.705. The van der Waals surface area contributed by atoms with Crippen molar-refractivity contribution < 1.29 is 19.1 Å². The van der Waals surface area contributed by atoms with Crippen LogP contribution in [0.15, 0.2) is 60.7 Å². The highest BCUT2D eigenvalue weighted by Gasteiger charge is 2.33. The van der Waals surface area contributed by atoms with E-state index in [9.17, 15) is 14.4 Å². The molecule has 1 saturated heterocycles. The smallest absolute Gasteiger partial charge is 0.258 e. The molecule has 182 valence electrons. The van der Waals surface area contributed by atoms with E-state index in [-0.39, 0.29) is 30.4 Å². The van der Waals surface area contributed by atoms with E-state index >= 15 is 0 Å². The molecule has 2 unspecified atom stereocenters. The van der Waals surface area contributed by atoms with E-state index in [1.165, 1.54) is 0 Å². The summed E-state index contributed by atoms with van der Waals surface area (Å²) >= 11 is 0. The Morgan fingerprint density at radius 1 is 1.03 bits per heavy atom. The summed E-state index contributed by atoms with van der Waals surface area (Å²) in [5, 5.41) is 2.87. The third-order valence-electron chi connectivity index (χ3n) is 6.03. The summed E-state index contributed by atoms with van der Waals surface area (Å²) in [5.74, 6) is 0.263. The van der Waals surface area contributed by atoms with Crippen molar-refractivity contribution in [3.63, 3.8) is 0 Å². The van der Waals surface area contributed by atoms with Crippen LogP contribution in [-0.4, -0.2) is 65.8 Å². The second kappa shape index (κ2) is 12.8. The summed E-state index contributed by atoms with van der Waals surface area (Å²) < 4.78 is 5.55. The van der Waals surface area contributed by atoms with Crippen molar-refractivity contribution >= 4 is 17.7 Å². The van der Waals surface area contributed by atoms with Crippen LogP contribution >= 0.6 is 0 Å². The third kappa shape index (κ3) is 7.33. The van der Waals surface area contributed by atoms with Gasteiger partial charge in [-0.2, -0.15) is 0 Å². The Balaban J connectivity index is 1.63. The maximum atomic E-state index is 13.5. The molecule has 0 aliphatic carbocycles. The molecule has 7 heteroatoms. The zero-order chi connectivity index (χ0) is 24.3. The lowest BCUT2D eigenvalue weighted by molar-refractivity contribution is -0.144. The molecule has 3 amide bonds. The molecule has 3 rings (SSSR count). The summed E-state index contributed by atoms with van der Waals surface area (Å²) in [6.07, 6.45) is 2.79. The molecular formula is C27H35N3O4. The fraction of sp³-hybridized carbons (Fsp3) is 0.444. The van der Waals surface area contributed by atoms with Crippen molar-refractivity contribution in [3.05, 3.63) is 66.2 Å². The molecule has 1 fully saturated rings. The molecule has 2 aromatic rings. The van der Waals surface area contributed by atoms with Gasteiger partial charge in [-0.3, -0.25) is 14.4 Å². The molecule has 0 spiro atoms. The van der Waals surface area contributed by atoms with E-state index < -0.39 is 6.04 Å². The van der Waals surface area contributed by atoms with E-state index in [0.29, 0.717) is 38.2 Å². The Hall–Kier alpha value is -3.35. The van der Waals surface area contributed by atoms with Crippen molar-refractivity contribution in [2.24, 2.45) is 0 Å². The quantitative estimate of drug-likeness (QED) is 0.585. The predicted molar refractivity (Wildman–Crippen MR) is 131 cm³/mol. The van der Waals surface area contributed by atoms with Crippen LogP contribution in [0.3, 0.4) is 0 Å². The average molecular weight is 466 g/mol. The van der Waals surface area contributed by atoms with Crippen LogP contribution in [0.5, 0.6) is 5.75 Å². The number of carbonyl (C=O) groups excluding carboxylic acids is 3. The average Bonchev–Trinajstić information content (AvgIpc) is 2.86. The fourth-order valence-electron chi connectivity index (χ4n) is 4.17. The van der Waals surface area contributed by atoms with E-state index in [0.717, 1.165) is 18.4 Å². The highest BCUT2D eigenvalue weighted by Crippen LogP contribution is 2.15. The molecule has 0 radical (unpaired) electrons. The van der Waals surface area contributed by atoms with Gasteiger partial charge in [0, 0.05) is 38.5 Å². The number of piperazine rings is 1. The standard InChI is InChI=1S/C27H35N3O4/c1-3-4-15-26(32)30-17-16-29(19-21(30)2)27(33)24(18-22-11-7-5-8-12-22)28-25(31)20-34-23-13-9-6-10-14-23/h5-14,21,24H,3-4,15-20H2,1-2H3,(H,28,31). The zero-order valence-corrected chi connectivity index (χ0v) is 20.1. The first-order chi connectivity index (χ1) is 16.5. The van der Waals surface area contributed by atoms with E-state index in [1.807, 2.05) is 60.4 Å². The highest BCUT2D eigenvalue weighted by atomic mass is 16.5. The summed E-state index contributed by atoms with van der Waals surface area (Å²) in [4.78, 5) is 42.3. The largest absolute Gasteiger partial charge is 0.484 e. The van der Waals surface area contributed by atoms with Crippen molar-refractivity contribution in [1.82, 2.24) is 15.1 Å². The number of rotatable bonds is 10. The molecule has 0 aromatic heterocycles.